The summed E-state index contributed by atoms with van der Waals surface area (Å²) in [7, 11) is -3.53. The highest BCUT2D eigenvalue weighted by atomic mass is 32.2. The summed E-state index contributed by atoms with van der Waals surface area (Å²) in [6.07, 6.45) is 4.35. The van der Waals surface area contributed by atoms with E-state index in [4.69, 9.17) is 0 Å². The molecule has 1 aromatic rings. The number of pyridine rings is 1. The van der Waals surface area contributed by atoms with Gasteiger partial charge >= 0.3 is 0 Å². The van der Waals surface area contributed by atoms with Crippen molar-refractivity contribution < 1.29 is 8.42 Å². The van der Waals surface area contributed by atoms with Crippen molar-refractivity contribution in [2.24, 2.45) is 0 Å². The normalized spacial score (nSPS) is 11.4. The van der Waals surface area contributed by atoms with Gasteiger partial charge in [0.25, 0.3) is 10.0 Å². The van der Waals surface area contributed by atoms with Crippen molar-refractivity contribution in [3.05, 3.63) is 18.3 Å². The largest absolute Gasteiger partial charge is 0.383 e. The van der Waals surface area contributed by atoms with Crippen LogP contribution in [0.15, 0.2) is 23.4 Å². The van der Waals surface area contributed by atoms with Crippen LogP contribution in [0, 0.1) is 0 Å². The van der Waals surface area contributed by atoms with E-state index in [-0.39, 0.29) is 5.03 Å². The van der Waals surface area contributed by atoms with Crippen molar-refractivity contribution in [2.75, 3.05) is 30.4 Å². The van der Waals surface area contributed by atoms with Crippen LogP contribution in [0.2, 0.25) is 0 Å². The molecule has 18 heavy (non-hydrogen) atoms. The Kier molecular flexibility index (Phi) is 6.45. The van der Waals surface area contributed by atoms with E-state index >= 15 is 0 Å². The summed E-state index contributed by atoms with van der Waals surface area (Å²) >= 11 is 1.59. The minimum absolute atomic E-state index is 0.0690. The van der Waals surface area contributed by atoms with Gasteiger partial charge in [0, 0.05) is 25.0 Å². The SMILES string of the molecule is CCCNc1cccnc1S(=O)(=O)NCCSC. The van der Waals surface area contributed by atoms with Crippen molar-refractivity contribution in [3.8, 4) is 0 Å². The van der Waals surface area contributed by atoms with Crippen molar-refractivity contribution >= 4 is 27.5 Å². The monoisotopic (exact) mass is 289 g/mol. The van der Waals surface area contributed by atoms with E-state index in [1.807, 2.05) is 13.2 Å². The highest BCUT2D eigenvalue weighted by molar-refractivity contribution is 7.98. The number of nitrogens with one attached hydrogen (secondary N) is 2. The Balaban J connectivity index is 2.86. The van der Waals surface area contributed by atoms with Crippen LogP contribution in [0.5, 0.6) is 0 Å². The molecule has 0 atom stereocenters. The molecule has 5 nitrogen and oxygen atoms in total. The Bertz CT molecular complexity index is 463. The lowest BCUT2D eigenvalue weighted by molar-refractivity contribution is 0.580. The Labute approximate surface area is 113 Å². The summed E-state index contributed by atoms with van der Waals surface area (Å²) in [5, 5.41) is 3.14. The highest BCUT2D eigenvalue weighted by Gasteiger charge is 2.19. The van der Waals surface area contributed by atoms with Gasteiger partial charge in [-0.25, -0.2) is 18.1 Å². The number of hydrogen-bond acceptors (Lipinski definition) is 5. The quantitative estimate of drug-likeness (QED) is 0.710. The third-order valence-corrected chi connectivity index (χ3v) is 4.22. The third kappa shape index (κ3) is 4.47. The van der Waals surface area contributed by atoms with E-state index in [1.165, 1.54) is 6.20 Å². The minimum atomic E-state index is -3.53. The highest BCUT2D eigenvalue weighted by Crippen LogP contribution is 2.17. The Morgan fingerprint density at radius 1 is 1.39 bits per heavy atom. The predicted molar refractivity (Wildman–Crippen MR) is 76.6 cm³/mol. The van der Waals surface area contributed by atoms with Crippen molar-refractivity contribution in [3.63, 3.8) is 0 Å². The van der Waals surface area contributed by atoms with E-state index in [0.29, 0.717) is 12.2 Å². The molecule has 0 spiro atoms. The molecule has 0 unspecified atom stereocenters. The fraction of sp³-hybridized carbons (Fsp3) is 0.545. The molecule has 0 fully saturated rings. The zero-order valence-electron chi connectivity index (χ0n) is 10.6. The first kappa shape index (κ1) is 15.3. The number of aromatic nitrogens is 1. The summed E-state index contributed by atoms with van der Waals surface area (Å²) in [4.78, 5) is 3.96. The molecule has 0 radical (unpaired) electrons. The number of thioether (sulfide) groups is 1. The van der Waals surface area contributed by atoms with Gasteiger partial charge in [-0.15, -0.1) is 0 Å². The standard InChI is InChI=1S/C11H19N3O2S2/c1-3-6-12-10-5-4-7-13-11(10)18(15,16)14-8-9-17-2/h4-5,7,12,14H,3,6,8-9H2,1-2H3. The fourth-order valence-electron chi connectivity index (χ4n) is 1.35. The first-order valence-electron chi connectivity index (χ1n) is 5.79. The van der Waals surface area contributed by atoms with E-state index < -0.39 is 10.0 Å². The molecule has 0 saturated heterocycles. The maximum absolute atomic E-state index is 12.1. The Morgan fingerprint density at radius 3 is 2.83 bits per heavy atom. The molecule has 102 valence electrons. The first-order valence-corrected chi connectivity index (χ1v) is 8.67. The average molecular weight is 289 g/mol. The van der Waals surface area contributed by atoms with Crippen molar-refractivity contribution in [1.29, 1.82) is 0 Å². The molecule has 2 N–H and O–H groups in total. The van der Waals surface area contributed by atoms with Gasteiger partial charge in [0.1, 0.15) is 0 Å². The number of sulfonamides is 1. The summed E-state index contributed by atoms with van der Waals surface area (Å²) in [5.74, 6) is 0.740. The van der Waals surface area contributed by atoms with Gasteiger partial charge in [0.15, 0.2) is 5.03 Å². The minimum Gasteiger partial charge on any atom is -0.383 e. The molecule has 1 aromatic heterocycles. The zero-order valence-corrected chi connectivity index (χ0v) is 12.3. The van der Waals surface area contributed by atoms with Gasteiger partial charge in [-0.3, -0.25) is 0 Å². The number of rotatable bonds is 8. The molecule has 1 heterocycles. The van der Waals surface area contributed by atoms with E-state index in [9.17, 15) is 8.42 Å². The van der Waals surface area contributed by atoms with Gasteiger partial charge in [0.2, 0.25) is 0 Å². The third-order valence-electron chi connectivity index (χ3n) is 2.19. The van der Waals surface area contributed by atoms with Gasteiger partial charge in [0.05, 0.1) is 5.69 Å². The average Bonchev–Trinajstić information content (AvgIpc) is 2.37. The fourth-order valence-corrected chi connectivity index (χ4v) is 2.92. The molecule has 0 aliphatic carbocycles. The lowest BCUT2D eigenvalue weighted by Crippen LogP contribution is -2.27. The molecule has 0 saturated carbocycles. The molecule has 7 heteroatoms. The van der Waals surface area contributed by atoms with Crippen molar-refractivity contribution in [1.82, 2.24) is 9.71 Å². The van der Waals surface area contributed by atoms with Crippen LogP contribution in [-0.4, -0.2) is 38.5 Å². The van der Waals surface area contributed by atoms with Gasteiger partial charge in [-0.2, -0.15) is 11.8 Å². The number of nitrogens with zero attached hydrogens (tertiary/aromatic N) is 1. The van der Waals surface area contributed by atoms with Crippen LogP contribution >= 0.6 is 11.8 Å². The van der Waals surface area contributed by atoms with Crippen LogP contribution in [0.3, 0.4) is 0 Å². The Morgan fingerprint density at radius 2 is 2.17 bits per heavy atom. The maximum Gasteiger partial charge on any atom is 0.260 e. The topological polar surface area (TPSA) is 71.1 Å². The van der Waals surface area contributed by atoms with Crippen LogP contribution in [0.4, 0.5) is 5.69 Å². The number of anilines is 1. The van der Waals surface area contributed by atoms with Crippen LogP contribution in [-0.2, 0) is 10.0 Å². The summed E-state index contributed by atoms with van der Waals surface area (Å²) < 4.78 is 26.7. The first-order chi connectivity index (χ1) is 8.61. The molecule has 1 rings (SSSR count). The summed E-state index contributed by atoms with van der Waals surface area (Å²) in [6, 6.07) is 3.45. The van der Waals surface area contributed by atoms with Crippen molar-refractivity contribution in [2.45, 2.75) is 18.4 Å². The molecule has 0 aromatic carbocycles. The predicted octanol–water partition coefficient (Wildman–Crippen LogP) is 1.54. The smallest absolute Gasteiger partial charge is 0.260 e. The molecular weight excluding hydrogens is 270 g/mol. The van der Waals surface area contributed by atoms with Crippen LogP contribution in [0.25, 0.3) is 0 Å². The van der Waals surface area contributed by atoms with E-state index in [2.05, 4.69) is 15.0 Å². The molecule has 0 aliphatic heterocycles. The van der Waals surface area contributed by atoms with Gasteiger partial charge in [-0.1, -0.05) is 6.92 Å². The van der Waals surface area contributed by atoms with Gasteiger partial charge < -0.3 is 5.32 Å². The van der Waals surface area contributed by atoms with Gasteiger partial charge in [-0.05, 0) is 24.8 Å². The lowest BCUT2D eigenvalue weighted by atomic mass is 10.4. The maximum atomic E-state index is 12.1. The molecule has 0 bridgehead atoms. The lowest BCUT2D eigenvalue weighted by Gasteiger charge is -2.11. The second-order valence-corrected chi connectivity index (χ2v) is 6.34. The molecule has 0 aliphatic rings. The molecular formula is C11H19N3O2S2. The summed E-state index contributed by atoms with van der Waals surface area (Å²) in [6.45, 7) is 3.15. The van der Waals surface area contributed by atoms with Crippen LogP contribution < -0.4 is 10.0 Å². The second-order valence-electron chi connectivity index (χ2n) is 3.67. The van der Waals surface area contributed by atoms with Crippen LogP contribution in [0.1, 0.15) is 13.3 Å². The molecule has 0 amide bonds. The number of hydrogen-bond donors (Lipinski definition) is 2. The Hall–Kier alpha value is -0.790. The van der Waals surface area contributed by atoms with E-state index in [0.717, 1.165) is 18.7 Å². The summed E-state index contributed by atoms with van der Waals surface area (Å²) in [5.41, 5.74) is 0.552. The second kappa shape index (κ2) is 7.60. The zero-order chi connectivity index (χ0) is 13.4. The van der Waals surface area contributed by atoms with E-state index in [1.54, 1.807) is 23.9 Å².